The highest BCUT2D eigenvalue weighted by Crippen LogP contribution is 2.39. The SMILES string of the molecule is COC(=O)C(C)(C)CC1=CCCc2c(OCCc3nc(-c4ccc(N5CCOCC5)nc4)oc3C)cccc21. The van der Waals surface area contributed by atoms with Gasteiger partial charge in [0.25, 0.3) is 0 Å². The summed E-state index contributed by atoms with van der Waals surface area (Å²) in [5.74, 6) is 2.99. The molecule has 8 nitrogen and oxygen atoms in total. The van der Waals surface area contributed by atoms with E-state index in [0.717, 1.165) is 73.3 Å². The molecule has 5 rings (SSSR count). The summed E-state index contributed by atoms with van der Waals surface area (Å²) in [6, 6.07) is 10.2. The van der Waals surface area contributed by atoms with Gasteiger partial charge in [-0.2, -0.15) is 0 Å². The standard InChI is InChI=1S/C31H37N3O5/c1-21-26(33-29(39-21)23-11-12-28(32-20-23)34-14-17-37-18-15-34)13-16-38-27-10-6-8-24-22(7-5-9-25(24)27)19-31(2,3)30(35)36-4/h6-8,10-12,20H,5,9,13-19H2,1-4H3. The highest BCUT2D eigenvalue weighted by Gasteiger charge is 2.31. The Morgan fingerprint density at radius 3 is 2.72 bits per heavy atom. The van der Waals surface area contributed by atoms with Gasteiger partial charge in [-0.15, -0.1) is 0 Å². The van der Waals surface area contributed by atoms with Crippen molar-refractivity contribution in [3.63, 3.8) is 0 Å². The van der Waals surface area contributed by atoms with Crippen LogP contribution in [-0.2, 0) is 27.1 Å². The van der Waals surface area contributed by atoms with Gasteiger partial charge in [0.15, 0.2) is 0 Å². The Bertz CT molecular complexity index is 1340. The Morgan fingerprint density at radius 1 is 1.15 bits per heavy atom. The normalized spacial score (nSPS) is 15.5. The van der Waals surface area contributed by atoms with Crippen molar-refractivity contribution in [3.8, 4) is 17.2 Å². The summed E-state index contributed by atoms with van der Waals surface area (Å²) in [6.45, 7) is 9.44. The molecule has 39 heavy (non-hydrogen) atoms. The van der Waals surface area contributed by atoms with Crippen molar-refractivity contribution in [2.45, 2.75) is 46.5 Å². The van der Waals surface area contributed by atoms with Gasteiger partial charge in [0, 0.05) is 31.3 Å². The fourth-order valence-electron chi connectivity index (χ4n) is 5.29. The monoisotopic (exact) mass is 531 g/mol. The number of anilines is 1. The summed E-state index contributed by atoms with van der Waals surface area (Å²) in [7, 11) is 1.44. The summed E-state index contributed by atoms with van der Waals surface area (Å²) < 4.78 is 22.7. The molecule has 1 aromatic carbocycles. The molecule has 0 amide bonds. The molecule has 1 aliphatic carbocycles. The van der Waals surface area contributed by atoms with Gasteiger partial charge in [-0.25, -0.2) is 9.97 Å². The second-order valence-electron chi connectivity index (χ2n) is 10.7. The molecule has 0 atom stereocenters. The quantitative estimate of drug-likeness (QED) is 0.338. The Balaban J connectivity index is 1.23. The number of aryl methyl sites for hydroxylation is 1. The van der Waals surface area contributed by atoms with E-state index in [4.69, 9.17) is 23.6 Å². The van der Waals surface area contributed by atoms with Crippen LogP contribution in [0.15, 0.2) is 47.0 Å². The van der Waals surface area contributed by atoms with Crippen LogP contribution in [0, 0.1) is 12.3 Å². The predicted octanol–water partition coefficient (Wildman–Crippen LogP) is 5.42. The number of nitrogens with zero attached hydrogens (tertiary/aromatic N) is 3. The maximum atomic E-state index is 12.3. The summed E-state index contributed by atoms with van der Waals surface area (Å²) in [5, 5.41) is 0. The molecule has 3 heterocycles. The van der Waals surface area contributed by atoms with E-state index in [-0.39, 0.29) is 5.97 Å². The topological polar surface area (TPSA) is 86.9 Å². The Hall–Kier alpha value is -3.65. The smallest absolute Gasteiger partial charge is 0.311 e. The average molecular weight is 532 g/mol. The van der Waals surface area contributed by atoms with Crippen molar-refractivity contribution < 1.29 is 23.4 Å². The van der Waals surface area contributed by atoms with Crippen LogP contribution in [0.25, 0.3) is 17.0 Å². The number of pyridine rings is 1. The number of fused-ring (bicyclic) bond motifs is 1. The number of carbonyl (C=O) groups excluding carboxylic acids is 1. The molecule has 1 saturated heterocycles. The van der Waals surface area contributed by atoms with E-state index in [1.807, 2.05) is 51.2 Å². The van der Waals surface area contributed by atoms with Crippen LogP contribution in [0.5, 0.6) is 5.75 Å². The van der Waals surface area contributed by atoms with Crippen LogP contribution in [0.2, 0.25) is 0 Å². The first-order chi connectivity index (χ1) is 18.9. The molecular weight excluding hydrogens is 494 g/mol. The van der Waals surface area contributed by atoms with Crippen LogP contribution < -0.4 is 9.64 Å². The lowest BCUT2D eigenvalue weighted by Crippen LogP contribution is -2.36. The molecule has 1 fully saturated rings. The minimum absolute atomic E-state index is 0.200. The third-order valence-electron chi connectivity index (χ3n) is 7.45. The summed E-state index contributed by atoms with van der Waals surface area (Å²) >= 11 is 0. The summed E-state index contributed by atoms with van der Waals surface area (Å²) in [4.78, 5) is 23.8. The molecule has 0 saturated carbocycles. The van der Waals surface area contributed by atoms with Crippen LogP contribution in [-0.4, -0.2) is 56.0 Å². The number of hydrogen-bond donors (Lipinski definition) is 0. The maximum Gasteiger partial charge on any atom is 0.311 e. The van der Waals surface area contributed by atoms with Crippen molar-refractivity contribution >= 4 is 17.4 Å². The number of rotatable bonds is 9. The van der Waals surface area contributed by atoms with Gasteiger partial charge < -0.3 is 23.5 Å². The number of ether oxygens (including phenoxy) is 3. The van der Waals surface area contributed by atoms with Crippen molar-refractivity contribution in [2.75, 3.05) is 44.9 Å². The number of allylic oxidation sites excluding steroid dienone is 2. The molecule has 3 aromatic rings. The van der Waals surface area contributed by atoms with E-state index in [1.54, 1.807) is 0 Å². The second-order valence-corrected chi connectivity index (χ2v) is 10.7. The third kappa shape index (κ3) is 6.01. The van der Waals surface area contributed by atoms with Gasteiger partial charge in [-0.3, -0.25) is 4.79 Å². The lowest BCUT2D eigenvalue weighted by molar-refractivity contribution is -0.150. The molecule has 0 spiro atoms. The van der Waals surface area contributed by atoms with Crippen molar-refractivity contribution in [2.24, 2.45) is 5.41 Å². The number of esters is 1. The number of aromatic nitrogens is 2. The minimum atomic E-state index is -0.591. The average Bonchev–Trinajstić information content (AvgIpc) is 3.33. The van der Waals surface area contributed by atoms with Crippen molar-refractivity contribution in [1.29, 1.82) is 0 Å². The number of carbonyl (C=O) groups is 1. The molecule has 2 aromatic heterocycles. The van der Waals surface area contributed by atoms with Crippen LogP contribution in [0.4, 0.5) is 5.82 Å². The molecule has 0 bridgehead atoms. The van der Waals surface area contributed by atoms with Crippen LogP contribution in [0.3, 0.4) is 0 Å². The second kappa shape index (κ2) is 11.6. The molecule has 2 aliphatic rings. The van der Waals surface area contributed by atoms with Crippen LogP contribution in [0.1, 0.15) is 49.3 Å². The van der Waals surface area contributed by atoms with Crippen molar-refractivity contribution in [3.05, 3.63) is 65.2 Å². The largest absolute Gasteiger partial charge is 0.493 e. The van der Waals surface area contributed by atoms with Gasteiger partial charge >= 0.3 is 5.97 Å². The van der Waals surface area contributed by atoms with E-state index < -0.39 is 5.41 Å². The zero-order chi connectivity index (χ0) is 27.4. The fraction of sp³-hybridized carbons (Fsp3) is 0.452. The molecule has 1 aliphatic heterocycles. The van der Waals surface area contributed by atoms with E-state index >= 15 is 0 Å². The van der Waals surface area contributed by atoms with Gasteiger partial charge in [0.1, 0.15) is 17.3 Å². The predicted molar refractivity (Wildman–Crippen MR) is 150 cm³/mol. The number of oxazole rings is 1. The molecular formula is C31H37N3O5. The molecule has 0 radical (unpaired) electrons. The number of morpholine rings is 1. The number of methoxy groups -OCH3 is 1. The Morgan fingerprint density at radius 2 is 1.97 bits per heavy atom. The lowest BCUT2D eigenvalue weighted by Gasteiger charge is -2.27. The Kier molecular flexibility index (Phi) is 8.02. The summed E-state index contributed by atoms with van der Waals surface area (Å²) in [5.41, 5.74) is 4.67. The van der Waals surface area contributed by atoms with E-state index in [2.05, 4.69) is 22.0 Å². The third-order valence-corrected chi connectivity index (χ3v) is 7.45. The van der Waals surface area contributed by atoms with Gasteiger partial charge in [-0.05, 0) is 69.4 Å². The highest BCUT2D eigenvalue weighted by atomic mass is 16.5. The maximum absolute atomic E-state index is 12.3. The van der Waals surface area contributed by atoms with E-state index in [1.165, 1.54) is 18.2 Å². The van der Waals surface area contributed by atoms with Gasteiger partial charge in [0.2, 0.25) is 5.89 Å². The van der Waals surface area contributed by atoms with Gasteiger partial charge in [-0.1, -0.05) is 18.2 Å². The molecule has 206 valence electrons. The zero-order valence-electron chi connectivity index (χ0n) is 23.3. The number of benzene rings is 1. The zero-order valence-corrected chi connectivity index (χ0v) is 23.3. The van der Waals surface area contributed by atoms with E-state index in [0.29, 0.717) is 25.3 Å². The minimum Gasteiger partial charge on any atom is -0.493 e. The van der Waals surface area contributed by atoms with Crippen LogP contribution >= 0.6 is 0 Å². The summed E-state index contributed by atoms with van der Waals surface area (Å²) in [6.07, 6.45) is 7.15. The molecule has 0 unspecified atom stereocenters. The molecule has 0 N–H and O–H groups in total. The highest BCUT2D eigenvalue weighted by molar-refractivity contribution is 5.81. The van der Waals surface area contributed by atoms with E-state index in [9.17, 15) is 4.79 Å². The number of hydrogen-bond acceptors (Lipinski definition) is 8. The Labute approximate surface area is 230 Å². The first kappa shape index (κ1) is 26.9. The molecule has 8 heteroatoms. The fourth-order valence-corrected chi connectivity index (χ4v) is 5.29. The first-order valence-electron chi connectivity index (χ1n) is 13.6. The first-order valence-corrected chi connectivity index (χ1v) is 13.6. The van der Waals surface area contributed by atoms with Crippen molar-refractivity contribution in [1.82, 2.24) is 9.97 Å². The lowest BCUT2D eigenvalue weighted by atomic mass is 9.79. The van der Waals surface area contributed by atoms with Gasteiger partial charge in [0.05, 0.1) is 43.6 Å².